The summed E-state index contributed by atoms with van der Waals surface area (Å²) in [7, 11) is 3.93. The number of hydrogen-bond donors (Lipinski definition) is 1. The summed E-state index contributed by atoms with van der Waals surface area (Å²) in [5.74, 6) is -0.484. The lowest BCUT2D eigenvalue weighted by atomic mass is 10.2. The van der Waals surface area contributed by atoms with E-state index in [0.29, 0.717) is 32.6 Å². The van der Waals surface area contributed by atoms with E-state index in [9.17, 15) is 14.4 Å². The number of rotatable bonds is 4. The molecule has 3 rings (SSSR count). The van der Waals surface area contributed by atoms with Crippen LogP contribution in [-0.2, 0) is 14.4 Å². The van der Waals surface area contributed by atoms with E-state index < -0.39 is 0 Å². The van der Waals surface area contributed by atoms with Crippen LogP contribution in [0.3, 0.4) is 0 Å². The minimum absolute atomic E-state index is 0.0382. The Kier molecular flexibility index (Phi) is 5.15. The molecule has 2 aliphatic rings. The van der Waals surface area contributed by atoms with Gasteiger partial charge in [0.25, 0.3) is 0 Å². The molecule has 1 aliphatic heterocycles. The van der Waals surface area contributed by atoms with Gasteiger partial charge in [-0.05, 0) is 30.7 Å². The summed E-state index contributed by atoms with van der Waals surface area (Å²) < 4.78 is 0. The topological polar surface area (TPSA) is 73.0 Å². The minimum atomic E-state index is -0.248. The van der Waals surface area contributed by atoms with E-state index in [-0.39, 0.29) is 29.6 Å². The molecule has 1 aliphatic carbocycles. The highest BCUT2D eigenvalue weighted by atomic mass is 16.2. The van der Waals surface area contributed by atoms with Crippen molar-refractivity contribution in [3.05, 3.63) is 24.3 Å². The Bertz CT molecular complexity index is 693. The van der Waals surface area contributed by atoms with E-state index in [4.69, 9.17) is 0 Å². The molecule has 2 atom stereocenters. The van der Waals surface area contributed by atoms with Crippen molar-refractivity contribution in [3.8, 4) is 0 Å². The third-order valence-corrected chi connectivity index (χ3v) is 5.13. The molecule has 0 aromatic heterocycles. The van der Waals surface area contributed by atoms with E-state index >= 15 is 0 Å². The Labute approximate surface area is 153 Å². The van der Waals surface area contributed by atoms with Crippen molar-refractivity contribution in [1.29, 1.82) is 0 Å². The van der Waals surface area contributed by atoms with Crippen LogP contribution in [-0.4, -0.2) is 67.8 Å². The quantitative estimate of drug-likeness (QED) is 0.872. The third-order valence-electron chi connectivity index (χ3n) is 5.13. The van der Waals surface area contributed by atoms with Crippen LogP contribution in [0.15, 0.2) is 24.3 Å². The molecule has 0 bridgehead atoms. The number of hydrogen-bond acceptors (Lipinski definition) is 4. The zero-order valence-electron chi connectivity index (χ0n) is 15.6. The fourth-order valence-corrected chi connectivity index (χ4v) is 3.31. The van der Waals surface area contributed by atoms with Crippen LogP contribution >= 0.6 is 0 Å². The van der Waals surface area contributed by atoms with E-state index in [1.54, 1.807) is 16.7 Å². The Morgan fingerprint density at radius 3 is 2.08 bits per heavy atom. The summed E-state index contributed by atoms with van der Waals surface area (Å²) in [4.78, 5) is 41.8. The predicted molar refractivity (Wildman–Crippen MR) is 99.8 cm³/mol. The highest BCUT2D eigenvalue weighted by Gasteiger charge is 2.49. The fourth-order valence-electron chi connectivity index (χ4n) is 3.31. The number of carbonyl (C=O) groups is 3. The van der Waals surface area contributed by atoms with Crippen molar-refractivity contribution in [2.24, 2.45) is 11.8 Å². The molecule has 0 radical (unpaired) electrons. The fraction of sp³-hybridized carbons (Fsp3) is 0.526. The van der Waals surface area contributed by atoms with Crippen molar-refractivity contribution < 1.29 is 14.4 Å². The SMILES string of the molecule is CC(=O)N1CCN(C(=O)C2CC2C(=O)Nc2ccc(N(C)C)cc2)CC1. The Hall–Kier alpha value is -2.57. The van der Waals surface area contributed by atoms with Crippen molar-refractivity contribution in [3.63, 3.8) is 0 Å². The predicted octanol–water partition coefficient (Wildman–Crippen LogP) is 1.02. The van der Waals surface area contributed by atoms with Gasteiger partial charge in [0, 0.05) is 58.6 Å². The Morgan fingerprint density at radius 1 is 0.962 bits per heavy atom. The standard InChI is InChI=1S/C19H26N4O3/c1-13(24)22-8-10-23(11-9-22)19(26)17-12-16(17)18(25)20-14-4-6-15(7-5-14)21(2)3/h4-7,16-17H,8-12H2,1-3H3,(H,20,25). The summed E-state index contributed by atoms with van der Waals surface area (Å²) in [5.41, 5.74) is 1.81. The molecule has 1 aromatic rings. The van der Waals surface area contributed by atoms with Gasteiger partial charge >= 0.3 is 0 Å². The third kappa shape index (κ3) is 3.98. The molecule has 3 amide bonds. The van der Waals surface area contributed by atoms with Gasteiger partial charge in [0.05, 0.1) is 11.8 Å². The number of nitrogens with zero attached hydrogens (tertiary/aromatic N) is 3. The zero-order valence-corrected chi connectivity index (χ0v) is 15.6. The number of carbonyl (C=O) groups excluding carboxylic acids is 3. The van der Waals surface area contributed by atoms with Gasteiger partial charge in [-0.3, -0.25) is 14.4 Å². The number of amides is 3. The van der Waals surface area contributed by atoms with Crippen molar-refractivity contribution in [2.45, 2.75) is 13.3 Å². The van der Waals surface area contributed by atoms with Crippen LogP contribution in [0.2, 0.25) is 0 Å². The second kappa shape index (κ2) is 7.35. The lowest BCUT2D eigenvalue weighted by Crippen LogP contribution is -2.50. The molecule has 7 heteroatoms. The molecule has 1 saturated heterocycles. The zero-order chi connectivity index (χ0) is 18.8. The van der Waals surface area contributed by atoms with Crippen LogP contribution in [0, 0.1) is 11.8 Å². The number of nitrogens with one attached hydrogen (secondary N) is 1. The largest absolute Gasteiger partial charge is 0.378 e. The van der Waals surface area contributed by atoms with Gasteiger partial charge in [-0.25, -0.2) is 0 Å². The summed E-state index contributed by atoms with van der Waals surface area (Å²) in [6, 6.07) is 7.63. The van der Waals surface area contributed by atoms with Crippen LogP contribution in [0.5, 0.6) is 0 Å². The van der Waals surface area contributed by atoms with Gasteiger partial charge in [-0.15, -0.1) is 0 Å². The van der Waals surface area contributed by atoms with Gasteiger partial charge < -0.3 is 20.0 Å². The monoisotopic (exact) mass is 358 g/mol. The van der Waals surface area contributed by atoms with E-state index in [1.807, 2.05) is 43.3 Å². The Balaban J connectivity index is 1.49. The average Bonchev–Trinajstić information content (AvgIpc) is 3.42. The van der Waals surface area contributed by atoms with Crippen molar-refractivity contribution in [2.75, 3.05) is 50.5 Å². The second-order valence-corrected chi connectivity index (χ2v) is 7.21. The lowest BCUT2D eigenvalue weighted by Gasteiger charge is -2.34. The highest BCUT2D eigenvalue weighted by molar-refractivity contribution is 5.99. The molecule has 140 valence electrons. The number of benzene rings is 1. The van der Waals surface area contributed by atoms with E-state index in [2.05, 4.69) is 5.32 Å². The first-order valence-corrected chi connectivity index (χ1v) is 8.99. The number of anilines is 2. The number of piperazine rings is 1. The molecule has 1 aromatic carbocycles. The van der Waals surface area contributed by atoms with Gasteiger partial charge in [-0.1, -0.05) is 0 Å². The molecular formula is C19H26N4O3. The molecule has 7 nitrogen and oxygen atoms in total. The second-order valence-electron chi connectivity index (χ2n) is 7.21. The molecule has 1 saturated carbocycles. The first-order valence-electron chi connectivity index (χ1n) is 8.99. The first-order chi connectivity index (χ1) is 12.4. The van der Waals surface area contributed by atoms with Gasteiger partial charge in [-0.2, -0.15) is 0 Å². The highest BCUT2D eigenvalue weighted by Crippen LogP contribution is 2.41. The normalized spacial score (nSPS) is 22.0. The first kappa shape index (κ1) is 18.2. The van der Waals surface area contributed by atoms with E-state index in [0.717, 1.165) is 11.4 Å². The summed E-state index contributed by atoms with van der Waals surface area (Å²) >= 11 is 0. The van der Waals surface area contributed by atoms with Gasteiger partial charge in [0.15, 0.2) is 0 Å². The summed E-state index contributed by atoms with van der Waals surface area (Å²) in [6.07, 6.45) is 0.605. The van der Waals surface area contributed by atoms with Crippen LogP contribution in [0.25, 0.3) is 0 Å². The average molecular weight is 358 g/mol. The van der Waals surface area contributed by atoms with Crippen LogP contribution < -0.4 is 10.2 Å². The van der Waals surface area contributed by atoms with Gasteiger partial charge in [0.1, 0.15) is 0 Å². The minimum Gasteiger partial charge on any atom is -0.378 e. The van der Waals surface area contributed by atoms with Gasteiger partial charge in [0.2, 0.25) is 17.7 Å². The molecule has 1 N–H and O–H groups in total. The molecular weight excluding hydrogens is 332 g/mol. The maximum Gasteiger partial charge on any atom is 0.228 e. The maximum absolute atomic E-state index is 12.6. The van der Waals surface area contributed by atoms with E-state index in [1.165, 1.54) is 0 Å². The van der Waals surface area contributed by atoms with Crippen LogP contribution in [0.1, 0.15) is 13.3 Å². The van der Waals surface area contributed by atoms with Crippen molar-refractivity contribution >= 4 is 29.1 Å². The smallest absolute Gasteiger partial charge is 0.228 e. The molecule has 2 fully saturated rings. The van der Waals surface area contributed by atoms with Crippen molar-refractivity contribution in [1.82, 2.24) is 9.80 Å². The summed E-state index contributed by atoms with van der Waals surface area (Å²) in [5, 5.41) is 2.90. The molecule has 0 spiro atoms. The maximum atomic E-state index is 12.6. The summed E-state index contributed by atoms with van der Waals surface area (Å²) in [6.45, 7) is 3.79. The Morgan fingerprint density at radius 2 is 1.54 bits per heavy atom. The molecule has 2 unspecified atom stereocenters. The lowest BCUT2D eigenvalue weighted by molar-refractivity contribution is -0.139. The van der Waals surface area contributed by atoms with Crippen LogP contribution in [0.4, 0.5) is 11.4 Å². The molecule has 1 heterocycles. The molecule has 26 heavy (non-hydrogen) atoms.